The van der Waals surface area contributed by atoms with E-state index in [2.05, 4.69) is 42.0 Å². The van der Waals surface area contributed by atoms with Gasteiger partial charge in [-0.1, -0.05) is 42.5 Å². The maximum atomic E-state index is 10.4. The lowest BCUT2D eigenvalue weighted by molar-refractivity contribution is -0.120. The van der Waals surface area contributed by atoms with Crippen LogP contribution in [-0.2, 0) is 47.9 Å². The Hall–Kier alpha value is -6.61. The highest BCUT2D eigenvalue weighted by atomic mass is 16.2. The van der Waals surface area contributed by atoms with Crippen LogP contribution in [-0.4, -0.2) is 135 Å². The van der Waals surface area contributed by atoms with Crippen LogP contribution in [0.25, 0.3) is 0 Å². The van der Waals surface area contributed by atoms with Gasteiger partial charge in [0.15, 0.2) is 0 Å². The van der Waals surface area contributed by atoms with Crippen molar-refractivity contribution < 1.29 is 52.7 Å². The number of aromatic nitrogens is 2. The molecule has 0 spiro atoms. The molecular formula is C46H101N11O11. The molecule has 0 unspecified atom stereocenters. The number of nitrogens with one attached hydrogen (secondary N) is 8. The number of nitrogens with zero attached hydrogens (tertiary/aromatic N) is 3. The summed E-state index contributed by atoms with van der Waals surface area (Å²) in [5.74, 6) is 0.639. The van der Waals surface area contributed by atoms with E-state index < -0.39 is 0 Å². The number of carbonyl (C=O) groups excluding carboxylic acids is 11. The van der Waals surface area contributed by atoms with Crippen LogP contribution in [0.3, 0.4) is 0 Å². The van der Waals surface area contributed by atoms with Gasteiger partial charge in [0, 0.05) is 109 Å². The van der Waals surface area contributed by atoms with Gasteiger partial charge in [0.05, 0.1) is 5.84 Å². The zero-order chi connectivity index (χ0) is 56.2. The standard InChI is InChI=1S/C5H6N2O.C4H8N2O.C4H9NO.C4H8O.4C3H7NO.C3H7N.2C3H6O.C2H5N.C2H4O.C2H6.2CH4/c1-5(8)7-4-2-3-6-7;1-3(5)6-4(2)7;1-3-4(6)5-2;1-3-4(2)5;4*1-3(5)4-2;1-3-4-2;2*1-3(2)4;2*1-2-3;1-2;;/h2-4H,1H3;1-2H3,(H2,5,6,7);3H2,1-2H3,(H,5,6);3H2,1-2H3;4*1-2H3,(H,4,5);3H,1-2H3;2*1-2H3;2-3H,1H3;2H,1H3;1-2H3;2*1H4. The van der Waals surface area contributed by atoms with Crippen molar-refractivity contribution in [3.63, 3.8) is 0 Å². The minimum atomic E-state index is -0.187. The number of hydrogen-bond donors (Lipinski definition) is 8. The molecule has 0 fully saturated rings. The number of ketones is 3. The molecule has 1 aromatic heterocycles. The Morgan fingerprint density at radius 1 is 0.588 bits per heavy atom. The number of carbonyl (C=O) groups is 11. The predicted octanol–water partition coefficient (Wildman–Crippen LogP) is 5.86. The molecule has 22 nitrogen and oxygen atoms in total. The van der Waals surface area contributed by atoms with E-state index in [1.54, 1.807) is 80.8 Å². The maximum Gasteiger partial charge on any atom is 0.243 e. The highest BCUT2D eigenvalue weighted by Gasteiger charge is 1.91. The summed E-state index contributed by atoms with van der Waals surface area (Å²) in [6.07, 6.45) is 8.18. The smallest absolute Gasteiger partial charge is 0.243 e. The average Bonchev–Trinajstić information content (AvgIpc) is 3.79. The van der Waals surface area contributed by atoms with Crippen LogP contribution in [0.4, 0.5) is 0 Å². The molecule has 0 aliphatic heterocycles. The first-order chi connectivity index (χ1) is 30.3. The lowest BCUT2D eigenvalue weighted by atomic mass is 10.4. The second kappa shape index (κ2) is 103. The molecule has 1 heterocycles. The molecule has 0 radical (unpaired) electrons. The molecule has 406 valence electrons. The van der Waals surface area contributed by atoms with E-state index in [0.717, 1.165) is 6.29 Å². The summed E-state index contributed by atoms with van der Waals surface area (Å²) in [5.41, 5.74) is 0. The molecule has 68 heavy (non-hydrogen) atoms. The van der Waals surface area contributed by atoms with E-state index in [1.165, 1.54) is 94.0 Å². The van der Waals surface area contributed by atoms with Gasteiger partial charge in [-0.25, -0.2) is 4.68 Å². The Kier molecular flexibility index (Phi) is 158. The van der Waals surface area contributed by atoms with Crippen LogP contribution in [0, 0.1) is 10.8 Å². The summed E-state index contributed by atoms with van der Waals surface area (Å²) in [5, 5.41) is 30.7. The summed E-state index contributed by atoms with van der Waals surface area (Å²) in [7, 11) is 9.78. The second-order valence-electron chi connectivity index (χ2n) is 10.9. The molecule has 0 aliphatic rings. The normalized spacial score (nSPS) is 6.90. The first-order valence-corrected chi connectivity index (χ1v) is 20.2. The molecule has 1 aromatic rings. The number of amides is 6. The van der Waals surface area contributed by atoms with Crippen LogP contribution >= 0.6 is 0 Å². The first kappa shape index (κ1) is 104. The van der Waals surface area contributed by atoms with Crippen LogP contribution in [0.5, 0.6) is 0 Å². The van der Waals surface area contributed by atoms with Crippen LogP contribution < -0.4 is 31.9 Å². The number of amidine groups is 1. The van der Waals surface area contributed by atoms with Crippen molar-refractivity contribution in [2.24, 2.45) is 4.99 Å². The Balaban J connectivity index is -0.0000000345. The fourth-order valence-electron chi connectivity index (χ4n) is 0.896. The molecule has 0 aliphatic carbocycles. The fourth-order valence-corrected chi connectivity index (χ4v) is 0.896. The number of hydrogen-bond acceptors (Lipinski definition) is 15. The predicted molar refractivity (Wildman–Crippen MR) is 284 cm³/mol. The quantitative estimate of drug-likeness (QED) is 0.0982. The van der Waals surface area contributed by atoms with Crippen molar-refractivity contribution >= 4 is 83.3 Å². The van der Waals surface area contributed by atoms with Crippen molar-refractivity contribution in [2.45, 2.75) is 159 Å². The number of aliphatic imine (C=N–C) groups is 1. The third-order valence-electron chi connectivity index (χ3n) is 3.95. The molecule has 22 heteroatoms. The molecule has 0 bridgehead atoms. The third-order valence-corrected chi connectivity index (χ3v) is 3.95. The van der Waals surface area contributed by atoms with E-state index in [0.29, 0.717) is 12.8 Å². The first-order valence-electron chi connectivity index (χ1n) is 20.2. The van der Waals surface area contributed by atoms with E-state index in [-0.39, 0.29) is 79.4 Å². The van der Waals surface area contributed by atoms with E-state index in [4.69, 9.17) is 15.6 Å². The van der Waals surface area contributed by atoms with Crippen molar-refractivity contribution in [3.05, 3.63) is 18.5 Å². The summed E-state index contributed by atoms with van der Waals surface area (Å²) < 4.78 is 1.28. The van der Waals surface area contributed by atoms with Crippen molar-refractivity contribution in [1.82, 2.24) is 41.7 Å². The summed E-state index contributed by atoms with van der Waals surface area (Å²) in [6, 6.07) is 1.71. The van der Waals surface area contributed by atoms with Gasteiger partial charge in [-0.15, -0.1) is 0 Å². The van der Waals surface area contributed by atoms with Crippen LogP contribution in [0.2, 0.25) is 0 Å². The summed E-state index contributed by atoms with van der Waals surface area (Å²) in [4.78, 5) is 110. The van der Waals surface area contributed by atoms with E-state index in [1.807, 2.05) is 34.6 Å². The second-order valence-corrected chi connectivity index (χ2v) is 10.9. The Labute approximate surface area is 412 Å². The van der Waals surface area contributed by atoms with Gasteiger partial charge in [0.1, 0.15) is 23.6 Å². The zero-order valence-electron chi connectivity index (χ0n) is 45.2. The molecule has 8 N–H and O–H groups in total. The molecule has 6 amide bonds. The zero-order valence-corrected chi connectivity index (χ0v) is 45.2. The monoisotopic (exact) mass is 984 g/mol. The molecule has 0 aromatic carbocycles. The minimum Gasteiger partial charge on any atom is -0.359 e. The largest absolute Gasteiger partial charge is 0.359 e. The van der Waals surface area contributed by atoms with Gasteiger partial charge in [-0.2, -0.15) is 5.10 Å². The molecular weight excluding hydrogens is 883 g/mol. The molecule has 0 saturated carbocycles. The minimum absolute atomic E-state index is 0. The van der Waals surface area contributed by atoms with Crippen LogP contribution in [0.1, 0.15) is 164 Å². The number of Topliss-reactive ketones (excluding diaryl/α,β-unsaturated/α-hetero) is 3. The third kappa shape index (κ3) is 370. The Morgan fingerprint density at radius 3 is 0.838 bits per heavy atom. The highest BCUT2D eigenvalue weighted by molar-refractivity contribution is 5.94. The maximum absolute atomic E-state index is 10.4. The lowest BCUT2D eigenvalue weighted by Gasteiger charge is -1.92. The topological polar surface area (TPSA) is 338 Å². The highest BCUT2D eigenvalue weighted by Crippen LogP contribution is 1.81. The van der Waals surface area contributed by atoms with Gasteiger partial charge < -0.3 is 61.5 Å². The lowest BCUT2D eigenvalue weighted by Crippen LogP contribution is -2.24. The fraction of sp³-hybridized carbons (Fsp3) is 0.630. The van der Waals surface area contributed by atoms with Gasteiger partial charge in [0.2, 0.25) is 41.4 Å². The number of aldehydes is 1. The van der Waals surface area contributed by atoms with Crippen molar-refractivity contribution in [2.75, 3.05) is 42.3 Å². The van der Waals surface area contributed by atoms with E-state index >= 15 is 0 Å². The summed E-state index contributed by atoms with van der Waals surface area (Å²) in [6.45, 7) is 30.6. The average molecular weight is 984 g/mol. The van der Waals surface area contributed by atoms with Gasteiger partial charge in [-0.3, -0.25) is 39.0 Å². The van der Waals surface area contributed by atoms with Crippen molar-refractivity contribution in [3.8, 4) is 0 Å². The SMILES string of the molecule is C.C.CC.CC(=N)NC(C)=O.CC(=O)n1cccn1.CC(C)=O.CC(C)=O.CC=N.CC=NC.CC=O.CCC(=O)NC.CCC(C)=O.CNC(C)=O.CNC(C)=O.CNC(C)=O.CNC(C)=O. The summed E-state index contributed by atoms with van der Waals surface area (Å²) >= 11 is 0. The van der Waals surface area contributed by atoms with E-state index in [9.17, 15) is 47.9 Å². The molecule has 0 saturated heterocycles. The van der Waals surface area contributed by atoms with Gasteiger partial charge in [0.25, 0.3) is 0 Å². The molecule has 0 atom stereocenters. The Morgan fingerprint density at radius 2 is 0.809 bits per heavy atom. The Bertz CT molecular complexity index is 1220. The van der Waals surface area contributed by atoms with Crippen molar-refractivity contribution in [1.29, 1.82) is 10.8 Å². The van der Waals surface area contributed by atoms with Gasteiger partial charge in [-0.05, 0) is 80.8 Å². The van der Waals surface area contributed by atoms with Crippen LogP contribution in [0.15, 0.2) is 23.5 Å². The molecule has 1 rings (SSSR count). The number of rotatable bonds is 2. The van der Waals surface area contributed by atoms with Gasteiger partial charge >= 0.3 is 0 Å².